The molecule has 13 heavy (non-hydrogen) atoms. The Morgan fingerprint density at radius 1 is 1.62 bits per heavy atom. The van der Waals surface area contributed by atoms with Gasteiger partial charge in [-0.05, 0) is 15.9 Å². The highest BCUT2D eigenvalue weighted by atomic mass is 79.9. The number of alkyl halides is 2. The van der Waals surface area contributed by atoms with E-state index in [2.05, 4.69) is 20.9 Å². The zero-order valence-corrected chi connectivity index (χ0v) is 7.88. The Bertz CT molecular complexity index is 344. The highest BCUT2D eigenvalue weighted by molar-refractivity contribution is 9.10. The number of aldehydes is 1. The Morgan fingerprint density at radius 2 is 2.23 bits per heavy atom. The molecule has 0 aromatic carbocycles. The number of nitrogens with zero attached hydrogens (tertiary/aromatic N) is 1. The van der Waals surface area contributed by atoms with Gasteiger partial charge < -0.3 is 5.73 Å². The Hall–Kier alpha value is -1.04. The van der Waals surface area contributed by atoms with Crippen molar-refractivity contribution in [2.24, 2.45) is 0 Å². The molecule has 0 aliphatic heterocycles. The fraction of sp³-hybridized carbons (Fsp3) is 0.143. The highest BCUT2D eigenvalue weighted by Crippen LogP contribution is 2.30. The molecular formula is C7H5BrF2N2O. The fourth-order valence-electron chi connectivity index (χ4n) is 0.797. The standard InChI is InChI=1S/C7H5BrF2N2O/c8-5-3(6(9)10)1-12-7(11)4(5)2-13/h1-2,6H,(H2,11,12). The molecule has 2 N–H and O–H groups in total. The fourth-order valence-corrected chi connectivity index (χ4v) is 1.37. The molecule has 0 saturated carbocycles. The zero-order valence-electron chi connectivity index (χ0n) is 6.30. The van der Waals surface area contributed by atoms with Crippen molar-refractivity contribution < 1.29 is 13.6 Å². The number of pyridine rings is 1. The lowest BCUT2D eigenvalue weighted by atomic mass is 10.2. The van der Waals surface area contributed by atoms with Crippen molar-refractivity contribution in [3.63, 3.8) is 0 Å². The summed E-state index contributed by atoms with van der Waals surface area (Å²) in [7, 11) is 0. The molecule has 1 aromatic rings. The van der Waals surface area contributed by atoms with E-state index in [9.17, 15) is 13.6 Å². The van der Waals surface area contributed by atoms with Crippen LogP contribution in [0.5, 0.6) is 0 Å². The van der Waals surface area contributed by atoms with Crippen molar-refractivity contribution in [3.05, 3.63) is 21.8 Å². The average molecular weight is 251 g/mol. The molecule has 1 rings (SSSR count). The maximum atomic E-state index is 12.2. The summed E-state index contributed by atoms with van der Waals surface area (Å²) in [6.07, 6.45) is -1.35. The molecule has 0 radical (unpaired) electrons. The van der Waals surface area contributed by atoms with Gasteiger partial charge in [0.1, 0.15) is 5.82 Å². The van der Waals surface area contributed by atoms with Crippen molar-refractivity contribution in [2.75, 3.05) is 5.73 Å². The smallest absolute Gasteiger partial charge is 0.266 e. The molecular weight excluding hydrogens is 246 g/mol. The number of halogens is 3. The quantitative estimate of drug-likeness (QED) is 0.819. The lowest BCUT2D eigenvalue weighted by Gasteiger charge is -2.06. The number of aromatic nitrogens is 1. The number of carbonyl (C=O) groups excluding carboxylic acids is 1. The summed E-state index contributed by atoms with van der Waals surface area (Å²) in [5.74, 6) is -0.0636. The van der Waals surface area contributed by atoms with E-state index in [0.29, 0.717) is 6.29 Å². The summed E-state index contributed by atoms with van der Waals surface area (Å²) in [5, 5.41) is 0. The number of nitrogen functional groups attached to an aromatic ring is 1. The predicted molar refractivity (Wildman–Crippen MR) is 46.7 cm³/mol. The van der Waals surface area contributed by atoms with Crippen molar-refractivity contribution in [1.82, 2.24) is 4.98 Å². The van der Waals surface area contributed by atoms with E-state index in [0.717, 1.165) is 6.20 Å². The molecule has 0 atom stereocenters. The molecule has 0 saturated heterocycles. The second-order valence-electron chi connectivity index (χ2n) is 2.24. The van der Waals surface area contributed by atoms with Gasteiger partial charge in [-0.3, -0.25) is 4.79 Å². The van der Waals surface area contributed by atoms with Crippen molar-refractivity contribution in [2.45, 2.75) is 6.43 Å². The third-order valence-electron chi connectivity index (χ3n) is 1.46. The minimum atomic E-state index is -2.68. The minimum Gasteiger partial charge on any atom is -0.383 e. The molecule has 1 heterocycles. The Morgan fingerprint density at radius 3 is 2.69 bits per heavy atom. The third-order valence-corrected chi connectivity index (χ3v) is 2.35. The highest BCUT2D eigenvalue weighted by Gasteiger charge is 2.16. The van der Waals surface area contributed by atoms with E-state index in [1.54, 1.807) is 0 Å². The van der Waals surface area contributed by atoms with Crippen LogP contribution in [0.15, 0.2) is 10.7 Å². The molecule has 0 amide bonds. The maximum absolute atomic E-state index is 12.2. The summed E-state index contributed by atoms with van der Waals surface area (Å²) in [6, 6.07) is 0. The van der Waals surface area contributed by atoms with Gasteiger partial charge in [-0.1, -0.05) is 0 Å². The van der Waals surface area contributed by atoms with Gasteiger partial charge in [0.25, 0.3) is 6.43 Å². The van der Waals surface area contributed by atoms with E-state index >= 15 is 0 Å². The van der Waals surface area contributed by atoms with Gasteiger partial charge in [0.15, 0.2) is 6.29 Å². The van der Waals surface area contributed by atoms with Gasteiger partial charge in [0, 0.05) is 10.7 Å². The number of hydrogen-bond donors (Lipinski definition) is 1. The van der Waals surface area contributed by atoms with Crippen LogP contribution < -0.4 is 5.73 Å². The van der Waals surface area contributed by atoms with Crippen LogP contribution in [0.3, 0.4) is 0 Å². The number of anilines is 1. The Labute approximate surface area is 81.1 Å². The predicted octanol–water partition coefficient (Wildman–Crippen LogP) is 2.18. The third kappa shape index (κ3) is 1.82. The molecule has 6 heteroatoms. The average Bonchev–Trinajstić information content (AvgIpc) is 2.04. The monoisotopic (exact) mass is 250 g/mol. The van der Waals surface area contributed by atoms with Crippen LogP contribution in [0.25, 0.3) is 0 Å². The molecule has 1 aromatic heterocycles. The van der Waals surface area contributed by atoms with Crippen LogP contribution in [0.1, 0.15) is 22.3 Å². The van der Waals surface area contributed by atoms with Gasteiger partial charge in [-0.2, -0.15) is 0 Å². The second-order valence-corrected chi connectivity index (χ2v) is 3.04. The molecule has 3 nitrogen and oxygen atoms in total. The van der Waals surface area contributed by atoms with Gasteiger partial charge in [0.2, 0.25) is 0 Å². The van der Waals surface area contributed by atoms with Crippen LogP contribution in [-0.2, 0) is 0 Å². The first-order chi connectivity index (χ1) is 6.07. The van der Waals surface area contributed by atoms with Crippen molar-refractivity contribution in [3.8, 4) is 0 Å². The molecule has 70 valence electrons. The van der Waals surface area contributed by atoms with Gasteiger partial charge >= 0.3 is 0 Å². The summed E-state index contributed by atoms with van der Waals surface area (Å²) in [6.45, 7) is 0. The molecule has 0 aliphatic carbocycles. The number of nitrogens with two attached hydrogens (primary N) is 1. The molecule has 0 bridgehead atoms. The van der Waals surface area contributed by atoms with Crippen molar-refractivity contribution in [1.29, 1.82) is 0 Å². The summed E-state index contributed by atoms with van der Waals surface area (Å²) in [4.78, 5) is 13.9. The van der Waals surface area contributed by atoms with E-state index in [-0.39, 0.29) is 21.4 Å². The first-order valence-corrected chi connectivity index (χ1v) is 4.04. The van der Waals surface area contributed by atoms with Crippen LogP contribution >= 0.6 is 15.9 Å². The SMILES string of the molecule is Nc1ncc(C(F)F)c(Br)c1C=O. The lowest BCUT2D eigenvalue weighted by Crippen LogP contribution is -2.01. The lowest BCUT2D eigenvalue weighted by molar-refractivity contribution is 0.112. The van der Waals surface area contributed by atoms with E-state index < -0.39 is 6.43 Å². The largest absolute Gasteiger partial charge is 0.383 e. The number of rotatable bonds is 2. The van der Waals surface area contributed by atoms with Crippen LogP contribution in [0.2, 0.25) is 0 Å². The van der Waals surface area contributed by atoms with Crippen molar-refractivity contribution >= 4 is 28.0 Å². The topological polar surface area (TPSA) is 56.0 Å². The Balaban J connectivity index is 3.35. The molecule has 0 unspecified atom stereocenters. The van der Waals surface area contributed by atoms with Gasteiger partial charge in [-0.15, -0.1) is 0 Å². The maximum Gasteiger partial charge on any atom is 0.266 e. The number of hydrogen-bond acceptors (Lipinski definition) is 3. The zero-order chi connectivity index (χ0) is 10.0. The van der Waals surface area contributed by atoms with Crippen LogP contribution in [0, 0.1) is 0 Å². The molecule has 0 fully saturated rings. The van der Waals surface area contributed by atoms with Crippen LogP contribution in [-0.4, -0.2) is 11.3 Å². The number of carbonyl (C=O) groups is 1. The first-order valence-electron chi connectivity index (χ1n) is 3.25. The first kappa shape index (κ1) is 10.0. The Kier molecular flexibility index (Phi) is 2.92. The van der Waals surface area contributed by atoms with E-state index in [4.69, 9.17) is 5.73 Å². The minimum absolute atomic E-state index is 0.00463. The summed E-state index contributed by atoms with van der Waals surface area (Å²) < 4.78 is 24.5. The molecule has 0 aliphatic rings. The summed E-state index contributed by atoms with van der Waals surface area (Å²) >= 11 is 2.86. The van der Waals surface area contributed by atoms with Crippen LogP contribution in [0.4, 0.5) is 14.6 Å². The summed E-state index contributed by atoms with van der Waals surface area (Å²) in [5.41, 5.74) is 4.90. The van der Waals surface area contributed by atoms with Gasteiger partial charge in [0.05, 0.1) is 11.1 Å². The molecule has 0 spiro atoms. The normalized spacial score (nSPS) is 10.5. The van der Waals surface area contributed by atoms with Gasteiger partial charge in [-0.25, -0.2) is 13.8 Å². The second kappa shape index (κ2) is 3.78. The van der Waals surface area contributed by atoms with E-state index in [1.807, 2.05) is 0 Å². The van der Waals surface area contributed by atoms with E-state index in [1.165, 1.54) is 0 Å².